The third kappa shape index (κ3) is 6.16. The molecule has 0 aliphatic rings. The molecule has 0 fully saturated rings. The Bertz CT molecular complexity index is 533. The monoisotopic (exact) mass is 306 g/mol. The van der Waals surface area contributed by atoms with Crippen LogP contribution in [0.1, 0.15) is 44.5 Å². The molecule has 122 valence electrons. The standard InChI is InChI=1S/C17H26N2O3/c1-7-21-13(3)14-10-12(2)11-19-15(14)8-9-18-16(20)22-17(4,5)6/h10-11H,3,7-9H2,1-2,4-6H3,(H,18,20). The van der Waals surface area contributed by atoms with Gasteiger partial charge in [0.1, 0.15) is 11.4 Å². The van der Waals surface area contributed by atoms with Gasteiger partial charge in [0.2, 0.25) is 0 Å². The molecule has 1 heterocycles. The Balaban J connectivity index is 2.66. The van der Waals surface area contributed by atoms with Gasteiger partial charge in [-0.05, 0) is 46.2 Å². The first-order valence-electron chi connectivity index (χ1n) is 7.47. The van der Waals surface area contributed by atoms with Crippen molar-refractivity contribution in [3.05, 3.63) is 35.7 Å². The van der Waals surface area contributed by atoms with Crippen molar-refractivity contribution < 1.29 is 14.3 Å². The SMILES string of the molecule is C=C(OCC)c1cc(C)cnc1CCNC(=O)OC(C)(C)C. The molecule has 1 aromatic heterocycles. The highest BCUT2D eigenvalue weighted by Crippen LogP contribution is 2.19. The van der Waals surface area contributed by atoms with Crippen LogP contribution in [0.25, 0.3) is 5.76 Å². The third-order valence-corrected chi connectivity index (χ3v) is 2.76. The molecular formula is C17H26N2O3. The largest absolute Gasteiger partial charge is 0.494 e. The van der Waals surface area contributed by atoms with Gasteiger partial charge >= 0.3 is 6.09 Å². The normalized spacial score (nSPS) is 11.0. The maximum Gasteiger partial charge on any atom is 0.407 e. The maximum absolute atomic E-state index is 11.6. The van der Waals surface area contributed by atoms with Crippen molar-refractivity contribution in [1.29, 1.82) is 0 Å². The van der Waals surface area contributed by atoms with Gasteiger partial charge in [-0.15, -0.1) is 0 Å². The first-order chi connectivity index (χ1) is 10.2. The Morgan fingerprint density at radius 2 is 2.09 bits per heavy atom. The molecule has 5 nitrogen and oxygen atoms in total. The van der Waals surface area contributed by atoms with Gasteiger partial charge in [-0.3, -0.25) is 4.98 Å². The summed E-state index contributed by atoms with van der Waals surface area (Å²) in [5.41, 5.74) is 2.27. The highest BCUT2D eigenvalue weighted by molar-refractivity contribution is 5.67. The van der Waals surface area contributed by atoms with Crippen LogP contribution in [0.2, 0.25) is 0 Å². The molecule has 1 rings (SSSR count). The van der Waals surface area contributed by atoms with E-state index < -0.39 is 11.7 Å². The summed E-state index contributed by atoms with van der Waals surface area (Å²) in [7, 11) is 0. The molecule has 0 atom stereocenters. The van der Waals surface area contributed by atoms with Gasteiger partial charge in [0, 0.05) is 24.7 Å². The van der Waals surface area contributed by atoms with Gasteiger partial charge < -0.3 is 14.8 Å². The lowest BCUT2D eigenvalue weighted by Gasteiger charge is -2.19. The van der Waals surface area contributed by atoms with Crippen LogP contribution >= 0.6 is 0 Å². The summed E-state index contributed by atoms with van der Waals surface area (Å²) in [6.45, 7) is 14.3. The van der Waals surface area contributed by atoms with Crippen LogP contribution < -0.4 is 5.32 Å². The molecule has 0 aliphatic heterocycles. The molecule has 0 radical (unpaired) electrons. The van der Waals surface area contributed by atoms with E-state index in [2.05, 4.69) is 16.9 Å². The van der Waals surface area contributed by atoms with Crippen molar-refractivity contribution in [2.45, 2.75) is 46.6 Å². The molecule has 0 saturated carbocycles. The lowest BCUT2D eigenvalue weighted by atomic mass is 10.1. The average molecular weight is 306 g/mol. The van der Waals surface area contributed by atoms with Crippen molar-refractivity contribution in [2.24, 2.45) is 0 Å². The van der Waals surface area contributed by atoms with E-state index in [0.717, 1.165) is 16.8 Å². The van der Waals surface area contributed by atoms with Crippen molar-refractivity contribution in [2.75, 3.05) is 13.2 Å². The van der Waals surface area contributed by atoms with E-state index in [9.17, 15) is 4.79 Å². The highest BCUT2D eigenvalue weighted by Gasteiger charge is 2.16. The second-order valence-corrected chi connectivity index (χ2v) is 6.04. The van der Waals surface area contributed by atoms with Crippen LogP contribution in [0.4, 0.5) is 4.79 Å². The van der Waals surface area contributed by atoms with Crippen molar-refractivity contribution in [3.63, 3.8) is 0 Å². The number of aryl methyl sites for hydroxylation is 1. The number of pyridine rings is 1. The van der Waals surface area contributed by atoms with E-state index in [-0.39, 0.29) is 0 Å². The molecular weight excluding hydrogens is 280 g/mol. The molecule has 0 bridgehead atoms. The summed E-state index contributed by atoms with van der Waals surface area (Å²) in [5, 5.41) is 2.73. The van der Waals surface area contributed by atoms with E-state index in [1.165, 1.54) is 0 Å². The van der Waals surface area contributed by atoms with E-state index >= 15 is 0 Å². The number of amides is 1. The Labute approximate surface area is 132 Å². The number of rotatable bonds is 6. The average Bonchev–Trinajstić information content (AvgIpc) is 2.38. The quantitative estimate of drug-likeness (QED) is 0.818. The number of nitrogens with one attached hydrogen (secondary N) is 1. The number of carbonyl (C=O) groups is 1. The number of hydrogen-bond acceptors (Lipinski definition) is 4. The summed E-state index contributed by atoms with van der Waals surface area (Å²) in [5.74, 6) is 0.603. The van der Waals surface area contributed by atoms with Crippen molar-refractivity contribution >= 4 is 11.9 Å². The molecule has 5 heteroatoms. The number of hydrogen-bond donors (Lipinski definition) is 1. The minimum absolute atomic E-state index is 0.426. The predicted molar refractivity (Wildman–Crippen MR) is 87.6 cm³/mol. The molecule has 0 spiro atoms. The molecule has 1 aromatic rings. The smallest absolute Gasteiger partial charge is 0.407 e. The fourth-order valence-corrected chi connectivity index (χ4v) is 1.89. The number of carbonyl (C=O) groups excluding carboxylic acids is 1. The van der Waals surface area contributed by atoms with Crippen LogP contribution in [0, 0.1) is 6.92 Å². The molecule has 0 aliphatic carbocycles. The van der Waals surface area contributed by atoms with E-state index in [4.69, 9.17) is 9.47 Å². The molecule has 0 unspecified atom stereocenters. The van der Waals surface area contributed by atoms with Gasteiger partial charge in [0.15, 0.2) is 0 Å². The van der Waals surface area contributed by atoms with E-state index in [1.807, 2.05) is 40.7 Å². The molecule has 0 saturated heterocycles. The molecule has 22 heavy (non-hydrogen) atoms. The van der Waals surface area contributed by atoms with Crippen LogP contribution in [-0.2, 0) is 15.9 Å². The van der Waals surface area contributed by atoms with E-state index in [0.29, 0.717) is 25.3 Å². The van der Waals surface area contributed by atoms with Crippen LogP contribution in [0.15, 0.2) is 18.8 Å². The zero-order valence-electron chi connectivity index (χ0n) is 14.2. The number of alkyl carbamates (subject to hydrolysis) is 1. The van der Waals surface area contributed by atoms with Crippen molar-refractivity contribution in [1.82, 2.24) is 10.3 Å². The second kappa shape index (κ2) is 7.82. The molecule has 0 aromatic carbocycles. The second-order valence-electron chi connectivity index (χ2n) is 6.04. The summed E-state index contributed by atoms with van der Waals surface area (Å²) >= 11 is 0. The van der Waals surface area contributed by atoms with Crippen molar-refractivity contribution in [3.8, 4) is 0 Å². The van der Waals surface area contributed by atoms with Gasteiger partial charge in [0.05, 0.1) is 12.3 Å². The number of ether oxygens (including phenoxy) is 2. The fraction of sp³-hybridized carbons (Fsp3) is 0.529. The lowest BCUT2D eigenvalue weighted by Crippen LogP contribution is -2.33. The van der Waals surface area contributed by atoms with Crippen LogP contribution in [0.5, 0.6) is 0 Å². The summed E-state index contributed by atoms with van der Waals surface area (Å²) in [4.78, 5) is 16.0. The van der Waals surface area contributed by atoms with E-state index in [1.54, 1.807) is 6.20 Å². The first-order valence-corrected chi connectivity index (χ1v) is 7.47. The predicted octanol–water partition coefficient (Wildman–Crippen LogP) is 3.46. The summed E-state index contributed by atoms with van der Waals surface area (Å²) in [6, 6.07) is 1.99. The van der Waals surface area contributed by atoms with Gasteiger partial charge in [-0.1, -0.05) is 6.58 Å². The first kappa shape index (κ1) is 18.0. The minimum atomic E-state index is -0.499. The summed E-state index contributed by atoms with van der Waals surface area (Å²) in [6.07, 6.45) is 1.96. The van der Waals surface area contributed by atoms with Gasteiger partial charge in [-0.25, -0.2) is 4.79 Å². The molecule has 1 amide bonds. The Hall–Kier alpha value is -2.04. The highest BCUT2D eigenvalue weighted by atomic mass is 16.6. The Morgan fingerprint density at radius 3 is 2.68 bits per heavy atom. The maximum atomic E-state index is 11.6. The third-order valence-electron chi connectivity index (χ3n) is 2.76. The van der Waals surface area contributed by atoms with Gasteiger partial charge in [-0.2, -0.15) is 0 Å². The summed E-state index contributed by atoms with van der Waals surface area (Å²) < 4.78 is 10.7. The number of nitrogens with zero attached hydrogens (tertiary/aromatic N) is 1. The molecule has 1 N–H and O–H groups in total. The fourth-order valence-electron chi connectivity index (χ4n) is 1.89. The minimum Gasteiger partial charge on any atom is -0.494 e. The Kier molecular flexibility index (Phi) is 6.40. The lowest BCUT2D eigenvalue weighted by molar-refractivity contribution is 0.0528. The number of aromatic nitrogens is 1. The Morgan fingerprint density at radius 1 is 1.41 bits per heavy atom. The van der Waals surface area contributed by atoms with Crippen LogP contribution in [0.3, 0.4) is 0 Å². The van der Waals surface area contributed by atoms with Crippen LogP contribution in [-0.4, -0.2) is 29.8 Å². The topological polar surface area (TPSA) is 60.5 Å². The zero-order valence-corrected chi connectivity index (χ0v) is 14.2. The zero-order chi connectivity index (χ0) is 16.8. The van der Waals surface area contributed by atoms with Gasteiger partial charge in [0.25, 0.3) is 0 Å².